The lowest BCUT2D eigenvalue weighted by molar-refractivity contribution is 0.0997. The number of aromatic nitrogens is 5. The fourth-order valence-corrected chi connectivity index (χ4v) is 1.44. The molecule has 0 aliphatic carbocycles. The summed E-state index contributed by atoms with van der Waals surface area (Å²) in [6, 6.07) is -0.0705. The minimum absolute atomic E-state index is 0.0501. The maximum atomic E-state index is 12.0. The summed E-state index contributed by atoms with van der Waals surface area (Å²) in [6.07, 6.45) is 1.97. The van der Waals surface area contributed by atoms with Gasteiger partial charge in [0.2, 0.25) is 0 Å². The molecular formula is C9H12N6O2. The number of imidazole rings is 1. The Balaban J connectivity index is 2.70. The van der Waals surface area contributed by atoms with Gasteiger partial charge in [-0.15, -0.1) is 5.10 Å². The minimum atomic E-state index is -0.734. The van der Waals surface area contributed by atoms with Crippen molar-refractivity contribution in [3.63, 3.8) is 0 Å². The summed E-state index contributed by atoms with van der Waals surface area (Å²) in [7, 11) is 0. The summed E-state index contributed by atoms with van der Waals surface area (Å²) < 4.78 is 2.42. The Bertz CT molecular complexity index is 628. The monoisotopic (exact) mass is 236 g/mol. The van der Waals surface area contributed by atoms with Crippen LogP contribution in [0.5, 0.6) is 0 Å². The van der Waals surface area contributed by atoms with E-state index in [1.165, 1.54) is 15.4 Å². The molecule has 0 aliphatic heterocycles. The highest BCUT2D eigenvalue weighted by molar-refractivity contribution is 5.96. The SMILES string of the molecule is CCC(C)n1nnc2c(C(N)=O)ncn2c1=O. The summed E-state index contributed by atoms with van der Waals surface area (Å²) in [5.74, 6) is -0.734. The van der Waals surface area contributed by atoms with E-state index in [1.807, 2.05) is 13.8 Å². The third kappa shape index (κ3) is 1.67. The maximum absolute atomic E-state index is 12.0. The van der Waals surface area contributed by atoms with E-state index in [1.54, 1.807) is 0 Å². The van der Waals surface area contributed by atoms with E-state index in [0.29, 0.717) is 0 Å². The summed E-state index contributed by atoms with van der Waals surface area (Å²) in [4.78, 5) is 26.8. The number of rotatable bonds is 3. The van der Waals surface area contributed by atoms with Crippen molar-refractivity contribution in [2.75, 3.05) is 0 Å². The standard InChI is InChI=1S/C9H12N6O2/c1-3-5(2)15-9(17)14-4-11-6(7(10)16)8(14)12-13-15/h4-5H,3H2,1-2H3,(H2,10,16). The van der Waals surface area contributed by atoms with Crippen molar-refractivity contribution in [1.29, 1.82) is 0 Å². The van der Waals surface area contributed by atoms with E-state index < -0.39 is 5.91 Å². The zero-order valence-electron chi connectivity index (χ0n) is 9.49. The van der Waals surface area contributed by atoms with Crippen molar-refractivity contribution in [2.45, 2.75) is 26.3 Å². The van der Waals surface area contributed by atoms with Gasteiger partial charge >= 0.3 is 5.69 Å². The summed E-state index contributed by atoms with van der Waals surface area (Å²) in [5, 5.41) is 7.58. The Labute approximate surface area is 96.1 Å². The fourth-order valence-electron chi connectivity index (χ4n) is 1.44. The molecule has 1 unspecified atom stereocenters. The molecule has 0 aliphatic rings. The molecule has 8 nitrogen and oxygen atoms in total. The molecule has 8 heteroatoms. The highest BCUT2D eigenvalue weighted by atomic mass is 16.2. The molecule has 0 radical (unpaired) electrons. The van der Waals surface area contributed by atoms with Crippen molar-refractivity contribution >= 4 is 11.6 Å². The topological polar surface area (TPSA) is 108 Å². The summed E-state index contributed by atoms with van der Waals surface area (Å²) in [6.45, 7) is 3.79. The molecule has 0 aromatic carbocycles. The second-order valence-corrected chi connectivity index (χ2v) is 3.72. The molecule has 0 bridgehead atoms. The molecule has 1 atom stereocenters. The zero-order valence-corrected chi connectivity index (χ0v) is 9.49. The van der Waals surface area contributed by atoms with Crippen LogP contribution in [0.2, 0.25) is 0 Å². The van der Waals surface area contributed by atoms with E-state index in [9.17, 15) is 9.59 Å². The molecule has 2 heterocycles. The number of carbonyl (C=O) groups is 1. The number of fused-ring (bicyclic) bond motifs is 1. The van der Waals surface area contributed by atoms with Crippen molar-refractivity contribution in [3.8, 4) is 0 Å². The van der Waals surface area contributed by atoms with Crippen LogP contribution in [0.1, 0.15) is 36.8 Å². The van der Waals surface area contributed by atoms with E-state index in [0.717, 1.165) is 6.42 Å². The Hall–Kier alpha value is -2.25. The predicted octanol–water partition coefficient (Wildman–Crippen LogP) is -0.644. The Morgan fingerprint density at radius 1 is 1.59 bits per heavy atom. The van der Waals surface area contributed by atoms with Crippen LogP contribution >= 0.6 is 0 Å². The van der Waals surface area contributed by atoms with Crippen LogP contribution in [0.15, 0.2) is 11.1 Å². The molecule has 0 saturated carbocycles. The van der Waals surface area contributed by atoms with E-state index >= 15 is 0 Å². The number of primary amides is 1. The van der Waals surface area contributed by atoms with Crippen LogP contribution in [0.4, 0.5) is 0 Å². The van der Waals surface area contributed by atoms with E-state index in [4.69, 9.17) is 5.73 Å². The first kappa shape index (κ1) is 11.2. The molecule has 2 N–H and O–H groups in total. The van der Waals surface area contributed by atoms with Crippen LogP contribution < -0.4 is 11.4 Å². The average Bonchev–Trinajstić information content (AvgIpc) is 2.73. The molecule has 0 spiro atoms. The normalized spacial score (nSPS) is 12.8. The third-order valence-electron chi connectivity index (χ3n) is 2.62. The quantitative estimate of drug-likeness (QED) is 0.762. The third-order valence-corrected chi connectivity index (χ3v) is 2.62. The van der Waals surface area contributed by atoms with Crippen molar-refractivity contribution in [1.82, 2.24) is 24.4 Å². The molecule has 17 heavy (non-hydrogen) atoms. The smallest absolute Gasteiger partial charge is 0.353 e. The van der Waals surface area contributed by atoms with Gasteiger partial charge in [-0.05, 0) is 13.3 Å². The first-order valence-corrected chi connectivity index (χ1v) is 5.18. The van der Waals surface area contributed by atoms with Crippen molar-refractivity contribution in [2.24, 2.45) is 5.73 Å². The van der Waals surface area contributed by atoms with Gasteiger partial charge in [0.15, 0.2) is 11.3 Å². The van der Waals surface area contributed by atoms with Crippen LogP contribution in [0.3, 0.4) is 0 Å². The summed E-state index contributed by atoms with van der Waals surface area (Å²) in [5.41, 5.74) is 4.76. The van der Waals surface area contributed by atoms with Gasteiger partial charge in [-0.2, -0.15) is 4.68 Å². The second-order valence-electron chi connectivity index (χ2n) is 3.72. The molecule has 0 saturated heterocycles. The average molecular weight is 236 g/mol. The minimum Gasteiger partial charge on any atom is -0.364 e. The van der Waals surface area contributed by atoms with Gasteiger partial charge in [-0.3, -0.25) is 4.79 Å². The number of hydrogen-bond donors (Lipinski definition) is 1. The van der Waals surface area contributed by atoms with Gasteiger partial charge in [0.25, 0.3) is 5.91 Å². The molecular weight excluding hydrogens is 224 g/mol. The number of hydrogen-bond acceptors (Lipinski definition) is 5. The molecule has 2 rings (SSSR count). The number of carbonyl (C=O) groups excluding carboxylic acids is 1. The first-order chi connectivity index (χ1) is 8.06. The van der Waals surface area contributed by atoms with Gasteiger partial charge in [-0.25, -0.2) is 14.2 Å². The lowest BCUT2D eigenvalue weighted by Gasteiger charge is -2.09. The lowest BCUT2D eigenvalue weighted by Crippen LogP contribution is -2.32. The maximum Gasteiger partial charge on any atom is 0.353 e. The first-order valence-electron chi connectivity index (χ1n) is 5.18. The predicted molar refractivity (Wildman–Crippen MR) is 58.6 cm³/mol. The van der Waals surface area contributed by atoms with Gasteiger partial charge in [0.05, 0.1) is 6.04 Å². The van der Waals surface area contributed by atoms with E-state index in [2.05, 4.69) is 15.3 Å². The van der Waals surface area contributed by atoms with Gasteiger partial charge in [0, 0.05) is 0 Å². The van der Waals surface area contributed by atoms with Gasteiger partial charge < -0.3 is 5.73 Å². The highest BCUT2D eigenvalue weighted by Crippen LogP contribution is 2.05. The van der Waals surface area contributed by atoms with Gasteiger partial charge in [-0.1, -0.05) is 12.1 Å². The Morgan fingerprint density at radius 2 is 2.29 bits per heavy atom. The molecule has 0 fully saturated rings. The largest absolute Gasteiger partial charge is 0.364 e. The number of nitrogens with zero attached hydrogens (tertiary/aromatic N) is 5. The van der Waals surface area contributed by atoms with Crippen LogP contribution in [0.25, 0.3) is 5.65 Å². The highest BCUT2D eigenvalue weighted by Gasteiger charge is 2.16. The second kappa shape index (κ2) is 3.96. The molecule has 90 valence electrons. The molecule has 1 amide bonds. The van der Waals surface area contributed by atoms with Crippen molar-refractivity contribution < 1.29 is 4.79 Å². The Morgan fingerprint density at radius 3 is 2.88 bits per heavy atom. The lowest BCUT2D eigenvalue weighted by atomic mass is 10.3. The summed E-state index contributed by atoms with van der Waals surface area (Å²) >= 11 is 0. The van der Waals surface area contributed by atoms with Crippen LogP contribution in [-0.4, -0.2) is 30.3 Å². The molecule has 2 aromatic heterocycles. The van der Waals surface area contributed by atoms with Crippen molar-refractivity contribution in [3.05, 3.63) is 22.5 Å². The molecule has 2 aromatic rings. The zero-order chi connectivity index (χ0) is 12.6. The number of amides is 1. The number of nitrogens with two attached hydrogens (primary N) is 1. The van der Waals surface area contributed by atoms with Crippen LogP contribution in [0, 0.1) is 0 Å². The fraction of sp³-hybridized carbons (Fsp3) is 0.444. The Kier molecular flexibility index (Phi) is 2.62. The van der Waals surface area contributed by atoms with Crippen LogP contribution in [-0.2, 0) is 0 Å². The van der Waals surface area contributed by atoms with Gasteiger partial charge in [0.1, 0.15) is 6.33 Å². The van der Waals surface area contributed by atoms with E-state index in [-0.39, 0.29) is 23.1 Å².